The lowest BCUT2D eigenvalue weighted by molar-refractivity contribution is -0.0172. The van der Waals surface area contributed by atoms with E-state index >= 15 is 0 Å². The van der Waals surface area contributed by atoms with Crippen LogP contribution in [0.15, 0.2) is 83.0 Å². The van der Waals surface area contributed by atoms with Gasteiger partial charge in [0.15, 0.2) is 5.75 Å². The van der Waals surface area contributed by atoms with Gasteiger partial charge in [-0.1, -0.05) is 38.1 Å². The average Bonchev–Trinajstić information content (AvgIpc) is 3.74. The van der Waals surface area contributed by atoms with Crippen LogP contribution in [0.25, 0.3) is 11.0 Å². The molecule has 3 aliphatic heterocycles. The number of carbonyl (C=O) groups excluding carboxylic acids is 1. The molecule has 9 rings (SSSR count). The van der Waals surface area contributed by atoms with Crippen LogP contribution in [0, 0.1) is 16.2 Å². The van der Waals surface area contributed by atoms with E-state index in [-0.39, 0.29) is 63.3 Å². The molecule has 1 aliphatic carbocycles. The number of carbonyl (C=O) groups is 1. The summed E-state index contributed by atoms with van der Waals surface area (Å²) in [4.78, 5) is 38.5. The van der Waals surface area contributed by atoms with E-state index in [1.54, 1.807) is 24.4 Å². The highest BCUT2D eigenvalue weighted by atomic mass is 32.2. The molecule has 15 nitrogen and oxygen atoms in total. The standard InChI is InChI=1S/C49H59N7O8S/c1-5-62-47-43(24-34-14-20-50-45(34)52-47)64-41-25-35(56-22-18-49(19-23-56)29-55(30-49)21-15-32-8-6-7-9-37(32)31(2)3)10-11-38(41)46(57)54-65(60,61)36-26-39(53-59)44-42(27-36)63-28-40(51-44)33-12-16-48(4,58)17-13-33/h6-11,14,20,24-27,31,33,40,51,58H,5,12-13,15-19,21-23,28-30H2,1-4H3,(H,50,52)(H,54,57)/t33-,40?,48-. The second kappa shape index (κ2) is 17.9. The molecular weight excluding hydrogens is 847 g/mol. The van der Waals surface area contributed by atoms with Crippen LogP contribution in [0.2, 0.25) is 0 Å². The fraction of sp³-hybridized carbons (Fsp3) is 0.469. The van der Waals surface area contributed by atoms with E-state index in [2.05, 4.69) is 73.1 Å². The minimum absolute atomic E-state index is 0.0324. The largest absolute Gasteiger partial charge is 0.489 e. The van der Waals surface area contributed by atoms with Crippen LogP contribution in [0.3, 0.4) is 0 Å². The van der Waals surface area contributed by atoms with Gasteiger partial charge < -0.3 is 39.4 Å². The summed E-state index contributed by atoms with van der Waals surface area (Å²) in [6, 6.07) is 19.8. The number of rotatable bonds is 14. The van der Waals surface area contributed by atoms with Crippen molar-refractivity contribution < 1.29 is 32.5 Å². The third kappa shape index (κ3) is 9.38. The van der Waals surface area contributed by atoms with Crippen LogP contribution in [-0.4, -0.2) is 91.9 Å². The Labute approximate surface area is 380 Å². The summed E-state index contributed by atoms with van der Waals surface area (Å²) in [7, 11) is -4.56. The fourth-order valence-electron chi connectivity index (χ4n) is 10.2. The zero-order chi connectivity index (χ0) is 45.5. The number of hydrogen-bond acceptors (Lipinski definition) is 13. The summed E-state index contributed by atoms with van der Waals surface area (Å²) in [5.41, 5.74) is 3.96. The molecule has 4 aliphatic rings. The van der Waals surface area contributed by atoms with Gasteiger partial charge in [0, 0.05) is 62.1 Å². The molecule has 1 amide bonds. The third-order valence-electron chi connectivity index (χ3n) is 14.0. The molecule has 65 heavy (non-hydrogen) atoms. The second-order valence-electron chi connectivity index (χ2n) is 19.0. The normalized spacial score (nSPS) is 21.8. The van der Waals surface area contributed by atoms with Gasteiger partial charge in [0.25, 0.3) is 21.8 Å². The Balaban J connectivity index is 0.927. The summed E-state index contributed by atoms with van der Waals surface area (Å²) in [5, 5.41) is 17.7. The predicted octanol–water partition coefficient (Wildman–Crippen LogP) is 8.65. The number of likely N-dealkylation sites (tertiary alicyclic amines) is 1. The fourth-order valence-corrected chi connectivity index (χ4v) is 11.2. The molecule has 344 valence electrons. The molecule has 1 saturated carbocycles. The summed E-state index contributed by atoms with van der Waals surface area (Å²) >= 11 is 0. The van der Waals surface area contributed by atoms with Gasteiger partial charge in [0.1, 0.15) is 35.1 Å². The summed E-state index contributed by atoms with van der Waals surface area (Å²) in [5.74, 6) is 0.481. The summed E-state index contributed by atoms with van der Waals surface area (Å²) in [6.07, 6.45) is 7.68. The van der Waals surface area contributed by atoms with E-state index in [9.17, 15) is 23.2 Å². The van der Waals surface area contributed by atoms with Crippen LogP contribution < -0.4 is 29.1 Å². The SMILES string of the molecule is CCOc1nc2[nH]ccc2cc1Oc1cc(N2CCC3(CC2)CN(CCc2ccccc2C(C)C)C3)ccc1C(=O)NS(=O)(=O)c1cc(N=O)c2c(c1)OCC([C@H]1CC[C@](C)(O)CC1)N2. The van der Waals surface area contributed by atoms with Crippen LogP contribution in [0.4, 0.5) is 17.1 Å². The molecule has 5 aromatic rings. The number of amides is 1. The molecule has 0 radical (unpaired) electrons. The van der Waals surface area contributed by atoms with Crippen molar-refractivity contribution in [2.24, 2.45) is 16.5 Å². The number of nitroso groups, excluding NO2 is 1. The lowest BCUT2D eigenvalue weighted by atomic mass is 9.71. The van der Waals surface area contributed by atoms with E-state index in [0.717, 1.165) is 82.0 Å². The number of nitrogens with zero attached hydrogens (tertiary/aromatic N) is 4. The number of aromatic amines is 1. The van der Waals surface area contributed by atoms with Gasteiger partial charge in [-0.2, -0.15) is 4.98 Å². The molecule has 4 N–H and O–H groups in total. The molecule has 2 saturated heterocycles. The minimum Gasteiger partial charge on any atom is -0.489 e. The van der Waals surface area contributed by atoms with Gasteiger partial charge in [0.2, 0.25) is 0 Å². The van der Waals surface area contributed by atoms with E-state index in [1.807, 2.05) is 26.0 Å². The number of H-pyrrole nitrogens is 1. The van der Waals surface area contributed by atoms with Gasteiger partial charge in [-0.3, -0.25) is 4.79 Å². The van der Waals surface area contributed by atoms with Gasteiger partial charge in [0.05, 0.1) is 28.7 Å². The van der Waals surface area contributed by atoms with Gasteiger partial charge in [-0.05, 0) is 123 Å². The lowest BCUT2D eigenvalue weighted by Gasteiger charge is -2.54. The Morgan fingerprint density at radius 3 is 2.54 bits per heavy atom. The first-order chi connectivity index (χ1) is 31.2. The maximum atomic E-state index is 14.2. The monoisotopic (exact) mass is 905 g/mol. The highest BCUT2D eigenvalue weighted by Gasteiger charge is 2.44. The van der Waals surface area contributed by atoms with Crippen LogP contribution in [-0.2, 0) is 16.4 Å². The first-order valence-corrected chi connectivity index (χ1v) is 24.4. The maximum absolute atomic E-state index is 14.2. The predicted molar refractivity (Wildman–Crippen MR) is 250 cm³/mol. The number of aromatic nitrogens is 2. The molecule has 3 fully saturated rings. The first kappa shape index (κ1) is 44.5. The Morgan fingerprint density at radius 1 is 1.03 bits per heavy atom. The van der Waals surface area contributed by atoms with Crippen molar-refractivity contribution in [3.8, 4) is 23.1 Å². The number of piperidine rings is 1. The maximum Gasteiger partial charge on any atom is 0.268 e. The number of ether oxygens (including phenoxy) is 3. The van der Waals surface area contributed by atoms with Crippen molar-refractivity contribution >= 4 is 44.0 Å². The number of pyridine rings is 1. The quantitative estimate of drug-likeness (QED) is 0.0778. The van der Waals surface area contributed by atoms with Crippen LogP contribution in [0.5, 0.6) is 23.1 Å². The topological polar surface area (TPSA) is 188 Å². The zero-order valence-corrected chi connectivity index (χ0v) is 38.4. The van der Waals surface area contributed by atoms with Crippen molar-refractivity contribution in [2.45, 2.75) is 95.1 Å². The molecule has 2 aromatic heterocycles. The lowest BCUT2D eigenvalue weighted by Crippen LogP contribution is -2.60. The number of benzene rings is 3. The highest BCUT2D eigenvalue weighted by molar-refractivity contribution is 7.90. The van der Waals surface area contributed by atoms with Gasteiger partial charge in [-0.25, -0.2) is 13.1 Å². The van der Waals surface area contributed by atoms with E-state index in [1.165, 1.54) is 17.2 Å². The van der Waals surface area contributed by atoms with E-state index in [4.69, 9.17) is 14.2 Å². The Kier molecular flexibility index (Phi) is 12.3. The molecular formula is C49H59N7O8S. The first-order valence-electron chi connectivity index (χ1n) is 22.9. The number of anilines is 2. The number of hydrogen-bond donors (Lipinski definition) is 4. The Bertz CT molecular complexity index is 2680. The molecule has 1 atom stereocenters. The van der Waals surface area contributed by atoms with Gasteiger partial charge >= 0.3 is 0 Å². The number of sulfonamides is 1. The molecule has 5 heterocycles. The number of fused-ring (bicyclic) bond motifs is 2. The van der Waals surface area contributed by atoms with E-state index in [0.29, 0.717) is 36.7 Å². The smallest absolute Gasteiger partial charge is 0.268 e. The summed E-state index contributed by atoms with van der Waals surface area (Å²) < 4.78 is 48.6. The van der Waals surface area contributed by atoms with E-state index < -0.39 is 21.5 Å². The van der Waals surface area contributed by atoms with Crippen molar-refractivity contribution in [2.75, 3.05) is 56.2 Å². The van der Waals surface area contributed by atoms with Gasteiger partial charge in [-0.15, -0.1) is 4.91 Å². The highest BCUT2D eigenvalue weighted by Crippen LogP contribution is 2.45. The molecule has 1 unspecified atom stereocenters. The second-order valence-corrected chi connectivity index (χ2v) is 20.6. The van der Waals surface area contributed by atoms with Crippen LogP contribution >= 0.6 is 0 Å². The summed E-state index contributed by atoms with van der Waals surface area (Å²) in [6.45, 7) is 13.5. The molecule has 1 spiro atoms. The average molecular weight is 906 g/mol. The Morgan fingerprint density at radius 2 is 1.80 bits per heavy atom. The Hall–Kier alpha value is -5.71. The van der Waals surface area contributed by atoms with Crippen LogP contribution in [0.1, 0.15) is 93.6 Å². The minimum atomic E-state index is -4.56. The molecule has 3 aromatic carbocycles. The van der Waals surface area contributed by atoms with Crippen molar-refractivity contribution in [1.29, 1.82) is 0 Å². The van der Waals surface area contributed by atoms with Crippen molar-refractivity contribution in [1.82, 2.24) is 19.6 Å². The molecule has 0 bridgehead atoms. The number of nitrogens with one attached hydrogen (secondary N) is 3. The zero-order valence-electron chi connectivity index (χ0n) is 37.6. The van der Waals surface area contributed by atoms with Crippen molar-refractivity contribution in [3.05, 3.63) is 94.5 Å². The number of aliphatic hydroxyl groups is 1. The van der Waals surface area contributed by atoms with Crippen molar-refractivity contribution in [3.63, 3.8) is 0 Å². The molecule has 16 heteroatoms. The third-order valence-corrected chi connectivity index (χ3v) is 15.3.